The molecule has 0 unspecified atom stereocenters. The Balaban J connectivity index is 1.38. The Bertz CT molecular complexity index is 1190. The van der Waals surface area contributed by atoms with Gasteiger partial charge < -0.3 is 19.6 Å². The van der Waals surface area contributed by atoms with Gasteiger partial charge in [0.1, 0.15) is 11.3 Å². The van der Waals surface area contributed by atoms with Crippen LogP contribution in [0, 0.1) is 18.8 Å². The summed E-state index contributed by atoms with van der Waals surface area (Å²) in [5, 5.41) is 14.1. The third kappa shape index (κ3) is 4.40. The van der Waals surface area contributed by atoms with Gasteiger partial charge in [-0.15, -0.1) is 0 Å². The van der Waals surface area contributed by atoms with Crippen LogP contribution in [-0.2, 0) is 9.59 Å². The molecule has 31 heavy (non-hydrogen) atoms. The predicted molar refractivity (Wildman–Crippen MR) is 116 cm³/mol. The number of carbonyl (C=O) groups excluding carboxylic acids is 1. The first-order valence-electron chi connectivity index (χ1n) is 10.5. The Morgan fingerprint density at radius 2 is 1.77 bits per heavy atom. The third-order valence-electron chi connectivity index (χ3n) is 6.13. The number of carboxylic acids is 1. The zero-order valence-electron chi connectivity index (χ0n) is 17.3. The Morgan fingerprint density at radius 3 is 2.48 bits per heavy atom. The van der Waals surface area contributed by atoms with Crippen molar-refractivity contribution in [2.75, 3.05) is 13.2 Å². The highest BCUT2D eigenvalue weighted by molar-refractivity contribution is 6.05. The number of nitrogens with one attached hydrogen (secondary N) is 1. The molecule has 1 fully saturated rings. The van der Waals surface area contributed by atoms with Crippen molar-refractivity contribution in [1.29, 1.82) is 0 Å². The molecule has 1 saturated carbocycles. The number of aryl methyl sites for hydroxylation is 1. The van der Waals surface area contributed by atoms with Crippen molar-refractivity contribution in [3.63, 3.8) is 0 Å². The van der Waals surface area contributed by atoms with Gasteiger partial charge in [0.25, 0.3) is 5.91 Å². The molecule has 1 aliphatic rings. The molecule has 2 aromatic carbocycles. The van der Waals surface area contributed by atoms with Crippen molar-refractivity contribution < 1.29 is 23.8 Å². The van der Waals surface area contributed by atoms with Crippen molar-refractivity contribution in [3.8, 4) is 5.75 Å². The van der Waals surface area contributed by atoms with Crippen molar-refractivity contribution in [1.82, 2.24) is 5.32 Å². The van der Waals surface area contributed by atoms with Crippen LogP contribution in [0.2, 0.25) is 0 Å². The molecule has 0 radical (unpaired) electrons. The van der Waals surface area contributed by atoms with Gasteiger partial charge in [0, 0.05) is 17.5 Å². The smallest absolute Gasteiger partial charge is 0.344 e. The zero-order valence-corrected chi connectivity index (χ0v) is 17.3. The molecule has 1 aliphatic carbocycles. The molecule has 0 saturated heterocycles. The minimum absolute atomic E-state index is 0.144. The summed E-state index contributed by atoms with van der Waals surface area (Å²) in [6.07, 6.45) is 2.91. The van der Waals surface area contributed by atoms with Crippen LogP contribution in [0.5, 0.6) is 5.75 Å². The lowest BCUT2D eigenvalue weighted by Crippen LogP contribution is -2.35. The van der Waals surface area contributed by atoms with Crippen LogP contribution >= 0.6 is 0 Å². The van der Waals surface area contributed by atoms with E-state index in [4.69, 9.17) is 14.3 Å². The lowest BCUT2D eigenvalue weighted by molar-refractivity contribution is -0.143. The predicted octanol–water partition coefficient (Wildman–Crippen LogP) is 3.64. The number of hydrogen-bond donors (Lipinski definition) is 2. The lowest BCUT2D eigenvalue weighted by Gasteiger charge is -2.26. The van der Waals surface area contributed by atoms with Crippen molar-refractivity contribution in [2.24, 2.45) is 11.8 Å². The number of carboxylic acid groups (broad SMARTS) is 1. The largest absolute Gasteiger partial charge is 0.483 e. The van der Waals surface area contributed by atoms with Crippen LogP contribution in [0.15, 0.2) is 45.6 Å². The van der Waals surface area contributed by atoms with Crippen LogP contribution in [0.25, 0.3) is 21.7 Å². The molecule has 7 heteroatoms. The van der Waals surface area contributed by atoms with E-state index in [2.05, 4.69) is 5.32 Å². The standard InChI is InChI=1S/C24H25NO6/c1-14-20(11-10-18-17-4-2-3-5-19(17)24(29)31-22(14)18)30-13-21(26)25-12-15-6-8-16(9-7-15)23(27)28/h2-5,10-11,15-16H,6-9,12-13H2,1H3,(H,25,26)(H,27,28). The van der Waals surface area contributed by atoms with E-state index in [-0.39, 0.29) is 18.4 Å². The normalized spacial score (nSPS) is 18.7. The fourth-order valence-corrected chi connectivity index (χ4v) is 4.28. The van der Waals surface area contributed by atoms with Crippen LogP contribution in [0.4, 0.5) is 0 Å². The number of fused-ring (bicyclic) bond motifs is 3. The number of carbonyl (C=O) groups is 2. The molecule has 2 N–H and O–H groups in total. The SMILES string of the molecule is Cc1c(OCC(=O)NCC2CCC(C(=O)O)CC2)ccc2c1oc(=O)c1ccccc12. The van der Waals surface area contributed by atoms with Gasteiger partial charge in [-0.3, -0.25) is 9.59 Å². The second kappa shape index (κ2) is 8.79. The summed E-state index contributed by atoms with van der Waals surface area (Å²) in [4.78, 5) is 35.6. The molecule has 0 aliphatic heterocycles. The van der Waals surface area contributed by atoms with Gasteiger partial charge in [-0.2, -0.15) is 0 Å². The molecule has 1 heterocycles. The van der Waals surface area contributed by atoms with E-state index in [1.165, 1.54) is 0 Å². The zero-order chi connectivity index (χ0) is 22.0. The minimum atomic E-state index is -0.731. The van der Waals surface area contributed by atoms with Crippen molar-refractivity contribution in [3.05, 3.63) is 52.4 Å². The van der Waals surface area contributed by atoms with Gasteiger partial charge in [0.15, 0.2) is 6.61 Å². The molecule has 0 bridgehead atoms. The van der Waals surface area contributed by atoms with Crippen LogP contribution < -0.4 is 15.7 Å². The second-order valence-corrected chi connectivity index (χ2v) is 8.15. The van der Waals surface area contributed by atoms with E-state index in [1.54, 1.807) is 25.1 Å². The number of aliphatic carboxylic acids is 1. The van der Waals surface area contributed by atoms with Crippen LogP contribution in [-0.4, -0.2) is 30.1 Å². The fourth-order valence-electron chi connectivity index (χ4n) is 4.28. The van der Waals surface area contributed by atoms with Gasteiger partial charge in [-0.05, 0) is 62.1 Å². The van der Waals surface area contributed by atoms with Crippen molar-refractivity contribution >= 4 is 33.6 Å². The van der Waals surface area contributed by atoms with Crippen LogP contribution in [0.3, 0.4) is 0 Å². The Kier molecular flexibility index (Phi) is 5.93. The van der Waals surface area contributed by atoms with Crippen LogP contribution in [0.1, 0.15) is 31.2 Å². The van der Waals surface area contributed by atoms with Crippen molar-refractivity contribution in [2.45, 2.75) is 32.6 Å². The molecular formula is C24H25NO6. The number of amides is 1. The summed E-state index contributed by atoms with van der Waals surface area (Å²) in [5.41, 5.74) is 0.718. The maximum absolute atomic E-state index is 12.3. The monoisotopic (exact) mass is 423 g/mol. The minimum Gasteiger partial charge on any atom is -0.483 e. The fraction of sp³-hybridized carbons (Fsp3) is 0.375. The highest BCUT2D eigenvalue weighted by atomic mass is 16.5. The first kappa shape index (κ1) is 20.9. The third-order valence-corrected chi connectivity index (χ3v) is 6.13. The number of benzene rings is 2. The van der Waals surface area contributed by atoms with E-state index in [1.807, 2.05) is 18.2 Å². The summed E-state index contributed by atoms with van der Waals surface area (Å²) >= 11 is 0. The van der Waals surface area contributed by atoms with E-state index in [0.717, 1.165) is 23.6 Å². The maximum atomic E-state index is 12.3. The quantitative estimate of drug-likeness (QED) is 0.463. The molecule has 4 rings (SSSR count). The molecular weight excluding hydrogens is 398 g/mol. The average Bonchev–Trinajstić information content (AvgIpc) is 2.78. The Morgan fingerprint density at radius 1 is 1.06 bits per heavy atom. The Labute approximate surface area is 179 Å². The molecule has 7 nitrogen and oxygen atoms in total. The average molecular weight is 423 g/mol. The van der Waals surface area contributed by atoms with E-state index in [9.17, 15) is 14.4 Å². The number of hydrogen-bond acceptors (Lipinski definition) is 5. The molecule has 3 aromatic rings. The number of ether oxygens (including phenoxy) is 1. The molecule has 0 spiro atoms. The van der Waals surface area contributed by atoms with Gasteiger partial charge in [0.05, 0.1) is 11.3 Å². The summed E-state index contributed by atoms with van der Waals surface area (Å²) in [6, 6.07) is 10.9. The second-order valence-electron chi connectivity index (χ2n) is 8.15. The summed E-state index contributed by atoms with van der Waals surface area (Å²) < 4.78 is 11.2. The van der Waals surface area contributed by atoms with E-state index >= 15 is 0 Å². The summed E-state index contributed by atoms with van der Waals surface area (Å²) in [7, 11) is 0. The van der Waals surface area contributed by atoms with Gasteiger partial charge >= 0.3 is 11.6 Å². The molecule has 0 atom stereocenters. The lowest BCUT2D eigenvalue weighted by atomic mass is 9.82. The first-order valence-corrected chi connectivity index (χ1v) is 10.5. The summed E-state index contributed by atoms with van der Waals surface area (Å²) in [5.74, 6) is -0.443. The summed E-state index contributed by atoms with van der Waals surface area (Å²) in [6.45, 7) is 2.18. The topological polar surface area (TPSA) is 106 Å². The first-order chi connectivity index (χ1) is 14.9. The van der Waals surface area contributed by atoms with Gasteiger partial charge in [0.2, 0.25) is 0 Å². The van der Waals surface area contributed by atoms with Gasteiger partial charge in [-0.25, -0.2) is 4.79 Å². The molecule has 162 valence electrons. The highest BCUT2D eigenvalue weighted by Crippen LogP contribution is 2.31. The Hall–Kier alpha value is -3.35. The number of rotatable bonds is 6. The highest BCUT2D eigenvalue weighted by Gasteiger charge is 2.26. The molecule has 1 amide bonds. The van der Waals surface area contributed by atoms with E-state index < -0.39 is 11.6 Å². The van der Waals surface area contributed by atoms with Gasteiger partial charge in [-0.1, -0.05) is 18.2 Å². The van der Waals surface area contributed by atoms with E-state index in [0.29, 0.717) is 47.6 Å². The molecule has 1 aromatic heterocycles. The maximum Gasteiger partial charge on any atom is 0.344 e.